The second kappa shape index (κ2) is 15.7. The Hall–Kier alpha value is -3.17. The number of nitrogens with one attached hydrogen (secondary N) is 1. The number of amides is 1. The molecule has 0 bridgehead atoms. The molecule has 2 rings (SSSR count). The molecule has 0 aliphatic carbocycles. The minimum atomic E-state index is -0.876. The van der Waals surface area contributed by atoms with Gasteiger partial charge < -0.3 is 23.7 Å². The quantitative estimate of drug-likeness (QED) is 0.102. The molecule has 2 aromatic rings. The van der Waals surface area contributed by atoms with Crippen molar-refractivity contribution in [3.05, 3.63) is 65.7 Å². The molecular weight excluding hydrogens is 470 g/mol. The molecule has 190 valence electrons. The molecule has 0 aliphatic heterocycles. The van der Waals surface area contributed by atoms with E-state index < -0.39 is 6.16 Å². The molecule has 0 atom stereocenters. The van der Waals surface area contributed by atoms with Crippen LogP contribution in [-0.2, 0) is 22.7 Å². The molecule has 0 radical (unpaired) electrons. The van der Waals surface area contributed by atoms with Crippen LogP contribution in [0.2, 0.25) is 0 Å². The number of benzene rings is 2. The van der Waals surface area contributed by atoms with Gasteiger partial charge in [0.25, 0.3) is 0 Å². The van der Waals surface area contributed by atoms with Crippen LogP contribution < -0.4 is 19.0 Å². The standard InChI is InChI=1S/C26H33NO7S/c1-19(2)8-6-4-5-7-9-25(28)27-17-21-12-15-23(24(16-21)31-3)33-26(29)32-18-20-10-13-22(14-11-20)34-35-30/h6,8,10-16,19,30H,4-5,7,9,17-18H2,1-3H3,(H,27,28)/b8-6+. The highest BCUT2D eigenvalue weighted by Crippen LogP contribution is 2.28. The van der Waals surface area contributed by atoms with Gasteiger partial charge >= 0.3 is 6.16 Å². The zero-order chi connectivity index (χ0) is 25.5. The fraction of sp³-hybridized carbons (Fsp3) is 0.385. The van der Waals surface area contributed by atoms with Gasteiger partial charge in [-0.25, -0.2) is 4.79 Å². The molecule has 9 heteroatoms. The van der Waals surface area contributed by atoms with E-state index in [0.29, 0.717) is 30.4 Å². The van der Waals surface area contributed by atoms with Crippen LogP contribution in [0.4, 0.5) is 4.79 Å². The minimum Gasteiger partial charge on any atom is -0.493 e. The summed E-state index contributed by atoms with van der Waals surface area (Å²) in [5.41, 5.74) is 1.54. The van der Waals surface area contributed by atoms with Gasteiger partial charge in [0.1, 0.15) is 12.4 Å². The van der Waals surface area contributed by atoms with Gasteiger partial charge in [-0.15, -0.1) is 0 Å². The average Bonchev–Trinajstić information content (AvgIpc) is 2.85. The van der Waals surface area contributed by atoms with Gasteiger partial charge in [-0.3, -0.25) is 9.35 Å². The van der Waals surface area contributed by atoms with Crippen LogP contribution >= 0.6 is 12.3 Å². The van der Waals surface area contributed by atoms with Crippen LogP contribution in [0.3, 0.4) is 0 Å². The minimum absolute atomic E-state index is 0.00424. The Morgan fingerprint density at radius 1 is 1.06 bits per heavy atom. The maximum Gasteiger partial charge on any atom is 0.514 e. The van der Waals surface area contributed by atoms with Crippen molar-refractivity contribution < 1.29 is 32.5 Å². The topological polar surface area (TPSA) is 103 Å². The smallest absolute Gasteiger partial charge is 0.493 e. The Morgan fingerprint density at radius 3 is 2.49 bits per heavy atom. The molecule has 0 heterocycles. The van der Waals surface area contributed by atoms with Gasteiger partial charge in [-0.2, -0.15) is 0 Å². The second-order valence-electron chi connectivity index (χ2n) is 8.12. The first kappa shape index (κ1) is 28.1. The SMILES string of the molecule is COc1cc(CNC(=O)CCCC/C=C/C(C)C)ccc1OC(=O)OCc1ccc(OSO)cc1. The van der Waals surface area contributed by atoms with Crippen molar-refractivity contribution in [2.45, 2.75) is 52.7 Å². The summed E-state index contributed by atoms with van der Waals surface area (Å²) in [5.74, 6) is 1.59. The van der Waals surface area contributed by atoms with E-state index in [9.17, 15) is 9.59 Å². The fourth-order valence-corrected chi connectivity index (χ4v) is 3.25. The maximum atomic E-state index is 12.1. The Labute approximate surface area is 211 Å². The molecule has 0 fully saturated rings. The lowest BCUT2D eigenvalue weighted by atomic mass is 10.1. The number of carbonyl (C=O) groups is 2. The fourth-order valence-electron chi connectivity index (χ4n) is 3.06. The molecule has 2 aromatic carbocycles. The Kier molecular flexibility index (Phi) is 12.6. The first-order valence-corrected chi connectivity index (χ1v) is 12.1. The molecule has 0 saturated carbocycles. The number of methoxy groups -OCH3 is 1. The summed E-state index contributed by atoms with van der Waals surface area (Å²) in [6.45, 7) is 4.64. The highest BCUT2D eigenvalue weighted by Gasteiger charge is 2.13. The van der Waals surface area contributed by atoms with Gasteiger partial charge in [0.2, 0.25) is 18.2 Å². The summed E-state index contributed by atoms with van der Waals surface area (Å²) in [5, 5.41) is 2.90. The first-order chi connectivity index (χ1) is 16.9. The zero-order valence-electron chi connectivity index (χ0n) is 20.3. The lowest BCUT2D eigenvalue weighted by Gasteiger charge is -2.12. The first-order valence-electron chi connectivity index (χ1n) is 11.4. The van der Waals surface area contributed by atoms with Crippen LogP contribution in [0.5, 0.6) is 17.2 Å². The van der Waals surface area contributed by atoms with E-state index in [1.807, 2.05) is 0 Å². The molecule has 0 aliphatic rings. The molecule has 1 amide bonds. The number of allylic oxidation sites excluding steroid dienone is 2. The van der Waals surface area contributed by atoms with Gasteiger partial charge in [0.05, 0.1) is 7.11 Å². The summed E-state index contributed by atoms with van der Waals surface area (Å²) in [7, 11) is 1.47. The van der Waals surface area contributed by atoms with E-state index in [1.165, 1.54) is 7.11 Å². The van der Waals surface area contributed by atoms with Crippen molar-refractivity contribution in [3.63, 3.8) is 0 Å². The monoisotopic (exact) mass is 503 g/mol. The Balaban J connectivity index is 1.76. The van der Waals surface area contributed by atoms with Gasteiger partial charge in [0.15, 0.2) is 11.5 Å². The zero-order valence-corrected chi connectivity index (χ0v) is 21.1. The highest BCUT2D eigenvalue weighted by molar-refractivity contribution is 7.89. The summed E-state index contributed by atoms with van der Waals surface area (Å²) in [6.07, 6.45) is 6.75. The number of hydrogen-bond donors (Lipinski definition) is 2. The van der Waals surface area contributed by atoms with Crippen molar-refractivity contribution in [2.75, 3.05) is 7.11 Å². The van der Waals surface area contributed by atoms with E-state index in [2.05, 4.69) is 31.3 Å². The van der Waals surface area contributed by atoms with Crippen LogP contribution in [0.25, 0.3) is 0 Å². The Bertz CT molecular complexity index is 961. The molecular formula is C26H33NO7S. The van der Waals surface area contributed by atoms with Crippen LogP contribution in [0.15, 0.2) is 54.6 Å². The van der Waals surface area contributed by atoms with Crippen molar-refractivity contribution in [2.24, 2.45) is 5.92 Å². The number of rotatable bonds is 14. The lowest BCUT2D eigenvalue weighted by Crippen LogP contribution is -2.22. The number of carbonyl (C=O) groups excluding carboxylic acids is 2. The van der Waals surface area contributed by atoms with Crippen molar-refractivity contribution in [1.29, 1.82) is 0 Å². The molecule has 8 nitrogen and oxygen atoms in total. The third-order valence-corrected chi connectivity index (χ3v) is 5.14. The third kappa shape index (κ3) is 11.2. The van der Waals surface area contributed by atoms with Crippen molar-refractivity contribution >= 4 is 24.4 Å². The van der Waals surface area contributed by atoms with Crippen LogP contribution in [-0.4, -0.2) is 23.7 Å². The molecule has 0 aromatic heterocycles. The van der Waals surface area contributed by atoms with Crippen molar-refractivity contribution in [3.8, 4) is 17.2 Å². The molecule has 0 unspecified atom stereocenters. The summed E-state index contributed by atoms with van der Waals surface area (Å²) in [4.78, 5) is 24.2. The van der Waals surface area contributed by atoms with E-state index in [-0.39, 0.29) is 30.6 Å². The maximum absolute atomic E-state index is 12.1. The molecule has 35 heavy (non-hydrogen) atoms. The van der Waals surface area contributed by atoms with E-state index >= 15 is 0 Å². The van der Waals surface area contributed by atoms with E-state index in [0.717, 1.165) is 30.4 Å². The second-order valence-corrected chi connectivity index (χ2v) is 8.44. The van der Waals surface area contributed by atoms with Crippen molar-refractivity contribution in [1.82, 2.24) is 5.32 Å². The average molecular weight is 504 g/mol. The lowest BCUT2D eigenvalue weighted by molar-refractivity contribution is -0.121. The predicted molar refractivity (Wildman–Crippen MR) is 135 cm³/mol. The van der Waals surface area contributed by atoms with Crippen LogP contribution in [0, 0.1) is 5.92 Å². The van der Waals surface area contributed by atoms with Gasteiger partial charge in [-0.05, 0) is 60.6 Å². The molecule has 0 spiro atoms. The van der Waals surface area contributed by atoms with Gasteiger partial charge in [0, 0.05) is 13.0 Å². The number of unbranched alkanes of at least 4 members (excludes halogenated alkanes) is 2. The molecule has 2 N–H and O–H groups in total. The summed E-state index contributed by atoms with van der Waals surface area (Å²) < 4.78 is 29.3. The van der Waals surface area contributed by atoms with E-state index in [1.54, 1.807) is 42.5 Å². The number of ether oxygens (including phenoxy) is 3. The third-order valence-electron chi connectivity index (χ3n) is 4.87. The summed E-state index contributed by atoms with van der Waals surface area (Å²) in [6, 6.07) is 11.7. The van der Waals surface area contributed by atoms with Gasteiger partial charge in [-0.1, -0.05) is 44.2 Å². The normalized spacial score (nSPS) is 10.9. The molecule has 0 saturated heterocycles. The summed E-state index contributed by atoms with van der Waals surface area (Å²) >= 11 is 0.255. The predicted octanol–water partition coefficient (Wildman–Crippen LogP) is 6.30. The largest absolute Gasteiger partial charge is 0.514 e. The Morgan fingerprint density at radius 2 is 1.80 bits per heavy atom. The number of hydrogen-bond acceptors (Lipinski definition) is 8. The van der Waals surface area contributed by atoms with E-state index in [4.69, 9.17) is 22.9 Å². The van der Waals surface area contributed by atoms with Crippen LogP contribution in [0.1, 0.15) is 50.7 Å². The highest BCUT2D eigenvalue weighted by atomic mass is 32.2.